The molecule has 0 saturated heterocycles. The number of para-hydroxylation sites is 4. The van der Waals surface area contributed by atoms with Gasteiger partial charge in [0.1, 0.15) is 22.8 Å². The Labute approximate surface area is 336 Å². The molecule has 5 heterocycles. The third-order valence-electron chi connectivity index (χ3n) is 12.1. The standard InChI is InChI=1S/C53H29N5O/c54-30-41-49(31-14-3-1-4-15-31)55-53(56-50(41)32-16-5-2-6-17-32)38-26-27-44(48-37-20-9-12-25-47(37)59-52(38)48)57-42-23-10-8-19-34(42)39-28-46-40(29-45(39)57)36-22-13-21-35-33-18-7-11-24-43(33)58(46)51(35)36/h1-29H. The quantitative estimate of drug-likeness (QED) is 0.179. The minimum absolute atomic E-state index is 0.428. The van der Waals surface area contributed by atoms with Crippen molar-refractivity contribution in [2.24, 2.45) is 0 Å². The van der Waals surface area contributed by atoms with E-state index in [4.69, 9.17) is 14.4 Å². The van der Waals surface area contributed by atoms with Crippen LogP contribution in [-0.2, 0) is 0 Å². The van der Waals surface area contributed by atoms with Gasteiger partial charge in [-0.2, -0.15) is 5.26 Å². The number of hydrogen-bond donors (Lipinski definition) is 0. The van der Waals surface area contributed by atoms with E-state index in [0.717, 1.165) is 49.8 Å². The molecule has 59 heavy (non-hydrogen) atoms. The molecule has 0 aliphatic carbocycles. The average molecular weight is 752 g/mol. The van der Waals surface area contributed by atoms with Gasteiger partial charge in [-0.25, -0.2) is 9.97 Å². The fourth-order valence-corrected chi connectivity index (χ4v) is 9.62. The summed E-state index contributed by atoms with van der Waals surface area (Å²) in [5.41, 5.74) is 12.4. The highest BCUT2D eigenvalue weighted by atomic mass is 16.3. The van der Waals surface area contributed by atoms with Crippen LogP contribution in [0.4, 0.5) is 0 Å². The van der Waals surface area contributed by atoms with Gasteiger partial charge >= 0.3 is 0 Å². The summed E-state index contributed by atoms with van der Waals surface area (Å²) in [4.78, 5) is 10.3. The molecule has 13 aromatic rings. The molecule has 0 fully saturated rings. The SMILES string of the molecule is N#Cc1c(-c2ccccc2)nc(-c2ccc(-n3c4ccccc4c4cc5c(cc43)c3cccc4c6ccccc6n5c43)c3c2oc2ccccc23)nc1-c1ccccc1. The number of hydrogen-bond acceptors (Lipinski definition) is 4. The summed E-state index contributed by atoms with van der Waals surface area (Å²) in [7, 11) is 0. The molecule has 8 aromatic carbocycles. The molecule has 5 aromatic heterocycles. The molecule has 272 valence electrons. The minimum atomic E-state index is 0.428. The normalized spacial score (nSPS) is 12.1. The maximum absolute atomic E-state index is 10.6. The lowest BCUT2D eigenvalue weighted by Crippen LogP contribution is -2.02. The second-order valence-electron chi connectivity index (χ2n) is 15.2. The van der Waals surface area contributed by atoms with E-state index in [2.05, 4.69) is 118 Å². The van der Waals surface area contributed by atoms with Crippen LogP contribution in [0.25, 0.3) is 121 Å². The number of nitrogens with zero attached hydrogens (tertiary/aromatic N) is 5. The van der Waals surface area contributed by atoms with Gasteiger partial charge < -0.3 is 13.4 Å². The van der Waals surface area contributed by atoms with Gasteiger partial charge in [-0.1, -0.05) is 133 Å². The molecule has 0 N–H and O–H groups in total. The summed E-state index contributed by atoms with van der Waals surface area (Å²) in [6.07, 6.45) is 0. The molecular weight excluding hydrogens is 723 g/mol. The van der Waals surface area contributed by atoms with Gasteiger partial charge in [0.15, 0.2) is 5.82 Å². The van der Waals surface area contributed by atoms with E-state index in [9.17, 15) is 5.26 Å². The number of aromatic nitrogens is 4. The van der Waals surface area contributed by atoms with Crippen LogP contribution in [0, 0.1) is 11.3 Å². The van der Waals surface area contributed by atoms with E-state index >= 15 is 0 Å². The zero-order chi connectivity index (χ0) is 38.8. The van der Waals surface area contributed by atoms with E-state index in [1.807, 2.05) is 72.8 Å². The van der Waals surface area contributed by atoms with E-state index in [0.29, 0.717) is 28.4 Å². The largest absolute Gasteiger partial charge is 0.455 e. The number of rotatable bonds is 4. The van der Waals surface area contributed by atoms with Gasteiger partial charge in [0, 0.05) is 48.8 Å². The van der Waals surface area contributed by atoms with Crippen LogP contribution in [-0.4, -0.2) is 18.9 Å². The Kier molecular flexibility index (Phi) is 6.42. The van der Waals surface area contributed by atoms with Crippen LogP contribution < -0.4 is 0 Å². The summed E-state index contributed by atoms with van der Waals surface area (Å²) in [5, 5.41) is 19.9. The first-order chi connectivity index (χ1) is 29.2. The molecular formula is C53H29N5O. The zero-order valence-corrected chi connectivity index (χ0v) is 31.4. The number of furan rings is 1. The van der Waals surface area contributed by atoms with Gasteiger partial charge in [0.05, 0.1) is 55.6 Å². The molecule has 0 radical (unpaired) electrons. The van der Waals surface area contributed by atoms with Gasteiger partial charge in [-0.05, 0) is 42.5 Å². The second kappa shape index (κ2) is 11.9. The molecule has 0 spiro atoms. The molecule has 0 bridgehead atoms. The Bertz CT molecular complexity index is 3840. The average Bonchev–Trinajstić information content (AvgIpc) is 4.04. The summed E-state index contributed by atoms with van der Waals surface area (Å²) in [6, 6.07) is 63.5. The second-order valence-corrected chi connectivity index (χ2v) is 15.2. The Morgan fingerprint density at radius 1 is 0.475 bits per heavy atom. The first-order valence-corrected chi connectivity index (χ1v) is 19.7. The highest BCUT2D eigenvalue weighted by Crippen LogP contribution is 2.46. The van der Waals surface area contributed by atoms with Crippen molar-refractivity contribution in [2.75, 3.05) is 0 Å². The minimum Gasteiger partial charge on any atom is -0.455 e. The Hall–Kier alpha value is -8.27. The molecule has 6 heteroatoms. The van der Waals surface area contributed by atoms with Crippen molar-refractivity contribution in [1.82, 2.24) is 18.9 Å². The van der Waals surface area contributed by atoms with Crippen molar-refractivity contribution in [1.29, 1.82) is 5.26 Å². The van der Waals surface area contributed by atoms with Crippen molar-refractivity contribution in [3.8, 4) is 45.7 Å². The van der Waals surface area contributed by atoms with Crippen LogP contribution in [0.5, 0.6) is 0 Å². The predicted molar refractivity (Wildman–Crippen MR) is 239 cm³/mol. The van der Waals surface area contributed by atoms with Crippen molar-refractivity contribution < 1.29 is 4.42 Å². The van der Waals surface area contributed by atoms with Crippen molar-refractivity contribution in [2.45, 2.75) is 0 Å². The number of fused-ring (bicyclic) bond motifs is 12. The van der Waals surface area contributed by atoms with Gasteiger partial charge in [-0.3, -0.25) is 0 Å². The van der Waals surface area contributed by atoms with E-state index in [-0.39, 0.29) is 0 Å². The Balaban J connectivity index is 1.13. The molecule has 13 rings (SSSR count). The van der Waals surface area contributed by atoms with Crippen LogP contribution in [0.3, 0.4) is 0 Å². The molecule has 0 saturated carbocycles. The smallest absolute Gasteiger partial charge is 0.164 e. The molecule has 0 amide bonds. The summed E-state index contributed by atoms with van der Waals surface area (Å²) in [6.45, 7) is 0. The molecule has 0 aliphatic rings. The van der Waals surface area contributed by atoms with Crippen LogP contribution in [0.15, 0.2) is 180 Å². The first kappa shape index (κ1) is 31.9. The third kappa shape index (κ3) is 4.33. The van der Waals surface area contributed by atoms with Gasteiger partial charge in [0.2, 0.25) is 0 Å². The molecule has 0 atom stereocenters. The fraction of sp³-hybridized carbons (Fsp3) is 0. The summed E-state index contributed by atoms with van der Waals surface area (Å²) in [5.74, 6) is 0.486. The van der Waals surface area contributed by atoms with Crippen LogP contribution in [0.1, 0.15) is 5.56 Å². The zero-order valence-electron chi connectivity index (χ0n) is 31.4. The van der Waals surface area contributed by atoms with E-state index in [1.54, 1.807) is 0 Å². The van der Waals surface area contributed by atoms with Crippen LogP contribution >= 0.6 is 0 Å². The molecule has 0 aliphatic heterocycles. The molecule has 0 unspecified atom stereocenters. The monoisotopic (exact) mass is 751 g/mol. The summed E-state index contributed by atoms with van der Waals surface area (Å²) < 4.78 is 11.7. The topological polar surface area (TPSA) is 72.0 Å². The maximum Gasteiger partial charge on any atom is 0.164 e. The third-order valence-corrected chi connectivity index (χ3v) is 12.1. The van der Waals surface area contributed by atoms with Crippen molar-refractivity contribution in [3.63, 3.8) is 0 Å². The lowest BCUT2D eigenvalue weighted by atomic mass is 9.99. The van der Waals surface area contributed by atoms with Crippen LogP contribution in [0.2, 0.25) is 0 Å². The first-order valence-electron chi connectivity index (χ1n) is 19.7. The number of nitriles is 1. The highest BCUT2D eigenvalue weighted by Gasteiger charge is 2.26. The number of benzene rings is 8. The van der Waals surface area contributed by atoms with Gasteiger partial charge in [-0.15, -0.1) is 0 Å². The maximum atomic E-state index is 10.6. The predicted octanol–water partition coefficient (Wildman–Crippen LogP) is 13.5. The molecule has 6 nitrogen and oxygen atoms in total. The fourth-order valence-electron chi connectivity index (χ4n) is 9.62. The summed E-state index contributed by atoms with van der Waals surface area (Å²) >= 11 is 0. The van der Waals surface area contributed by atoms with E-state index < -0.39 is 0 Å². The highest BCUT2D eigenvalue weighted by molar-refractivity contribution is 6.26. The Morgan fingerprint density at radius 2 is 1.03 bits per heavy atom. The lowest BCUT2D eigenvalue weighted by Gasteiger charge is -2.14. The Morgan fingerprint density at radius 3 is 1.75 bits per heavy atom. The lowest BCUT2D eigenvalue weighted by molar-refractivity contribution is 0.669. The van der Waals surface area contributed by atoms with Crippen molar-refractivity contribution >= 4 is 81.8 Å². The van der Waals surface area contributed by atoms with E-state index in [1.165, 1.54) is 48.9 Å². The van der Waals surface area contributed by atoms with Gasteiger partial charge in [0.25, 0.3) is 0 Å². The van der Waals surface area contributed by atoms with Crippen molar-refractivity contribution in [3.05, 3.63) is 181 Å².